The molecule has 1 amide bonds. The first kappa shape index (κ1) is 17.5. The third kappa shape index (κ3) is 3.14. The van der Waals surface area contributed by atoms with Crippen molar-refractivity contribution in [2.45, 2.75) is 38.4 Å². The number of fused-ring (bicyclic) bond motifs is 2. The lowest BCUT2D eigenvalue weighted by Gasteiger charge is -2.24. The molecule has 3 rings (SSSR count). The van der Waals surface area contributed by atoms with E-state index in [-0.39, 0.29) is 11.3 Å². The minimum absolute atomic E-state index is 0.0897. The number of hydrogen-bond donors (Lipinski definition) is 2. The van der Waals surface area contributed by atoms with Crippen LogP contribution in [-0.2, 0) is 19.7 Å². The number of carboxylic acid groups (broad SMARTS) is 1. The molecule has 1 aromatic rings. The molecule has 1 fully saturated rings. The number of ether oxygens (including phenoxy) is 2. The summed E-state index contributed by atoms with van der Waals surface area (Å²) in [6, 6.07) is 5.64. The van der Waals surface area contributed by atoms with Crippen molar-refractivity contribution < 1.29 is 24.2 Å². The minimum Gasteiger partial charge on any atom is -0.495 e. The molecule has 0 radical (unpaired) electrons. The van der Waals surface area contributed by atoms with Crippen molar-refractivity contribution in [3.8, 4) is 5.75 Å². The quantitative estimate of drug-likeness (QED) is 0.820. The summed E-state index contributed by atoms with van der Waals surface area (Å²) in [5, 5.41) is 12.3. The zero-order valence-electron chi connectivity index (χ0n) is 14.8. The summed E-state index contributed by atoms with van der Waals surface area (Å²) in [4.78, 5) is 24.4. The predicted molar refractivity (Wildman–Crippen MR) is 92.7 cm³/mol. The molecule has 134 valence electrons. The molecular formula is C19H23NO5. The van der Waals surface area contributed by atoms with Gasteiger partial charge in [-0.15, -0.1) is 0 Å². The maximum atomic E-state index is 12.8. The van der Waals surface area contributed by atoms with Crippen LogP contribution in [0.3, 0.4) is 0 Å². The van der Waals surface area contributed by atoms with Crippen molar-refractivity contribution in [2.24, 2.45) is 11.8 Å². The van der Waals surface area contributed by atoms with Gasteiger partial charge in [0.05, 0.1) is 30.9 Å². The smallest absolute Gasteiger partial charge is 0.310 e. The normalized spacial score (nSPS) is 27.4. The Labute approximate surface area is 146 Å². The topological polar surface area (TPSA) is 84.9 Å². The summed E-state index contributed by atoms with van der Waals surface area (Å²) in [5.74, 6) is -2.48. The molecule has 2 heterocycles. The zero-order valence-corrected chi connectivity index (χ0v) is 14.8. The van der Waals surface area contributed by atoms with E-state index in [0.29, 0.717) is 11.4 Å². The average Bonchev–Trinajstić information content (AvgIpc) is 3.14. The van der Waals surface area contributed by atoms with E-state index in [4.69, 9.17) is 9.47 Å². The molecule has 2 N–H and O–H groups in total. The molecule has 0 spiro atoms. The third-order valence-corrected chi connectivity index (χ3v) is 4.81. The molecule has 6 nitrogen and oxygen atoms in total. The molecule has 2 bridgehead atoms. The number of benzene rings is 1. The van der Waals surface area contributed by atoms with Gasteiger partial charge in [-0.2, -0.15) is 0 Å². The van der Waals surface area contributed by atoms with Gasteiger partial charge in [0.15, 0.2) is 0 Å². The SMILES string of the molecule is COc1ccc(C(C)(C)C)cc1NC(=O)[C@H]1[C@H](C(=O)O)[C@H]2C=C[C@H]1O2. The fraction of sp³-hybridized carbons (Fsp3) is 0.474. The van der Waals surface area contributed by atoms with Crippen LogP contribution in [-0.4, -0.2) is 36.3 Å². The van der Waals surface area contributed by atoms with Gasteiger partial charge in [0.25, 0.3) is 0 Å². The maximum absolute atomic E-state index is 12.8. The Hall–Kier alpha value is -2.34. The summed E-state index contributed by atoms with van der Waals surface area (Å²) >= 11 is 0. The van der Waals surface area contributed by atoms with Crippen LogP contribution in [0.15, 0.2) is 30.4 Å². The van der Waals surface area contributed by atoms with Gasteiger partial charge in [0, 0.05) is 0 Å². The standard InChI is InChI=1S/C19H23NO5/c1-19(2,3)10-5-6-12(24-4)11(9-10)20-17(21)15-13-7-8-14(25-13)16(15)18(22)23/h5-9,13-16H,1-4H3,(H,20,21)(H,22,23)/t13-,14-,15-,16-/m1/s1. The highest BCUT2D eigenvalue weighted by Crippen LogP contribution is 2.40. The number of anilines is 1. The van der Waals surface area contributed by atoms with Gasteiger partial charge in [0.2, 0.25) is 5.91 Å². The number of methoxy groups -OCH3 is 1. The van der Waals surface area contributed by atoms with Crippen LogP contribution in [0.5, 0.6) is 5.75 Å². The van der Waals surface area contributed by atoms with Gasteiger partial charge in [-0.3, -0.25) is 9.59 Å². The Morgan fingerprint density at radius 1 is 1.16 bits per heavy atom. The Kier molecular flexibility index (Phi) is 4.33. The monoisotopic (exact) mass is 345 g/mol. The molecule has 0 aromatic heterocycles. The fourth-order valence-corrected chi connectivity index (χ4v) is 3.40. The molecule has 0 unspecified atom stereocenters. The highest BCUT2D eigenvalue weighted by atomic mass is 16.5. The summed E-state index contributed by atoms with van der Waals surface area (Å²) < 4.78 is 10.9. The first-order chi connectivity index (χ1) is 11.7. The van der Waals surface area contributed by atoms with Crippen LogP contribution in [0, 0.1) is 11.8 Å². The van der Waals surface area contributed by atoms with Gasteiger partial charge in [0.1, 0.15) is 11.7 Å². The van der Waals surface area contributed by atoms with Gasteiger partial charge < -0.3 is 19.9 Å². The van der Waals surface area contributed by atoms with Gasteiger partial charge in [-0.05, 0) is 23.1 Å². The predicted octanol–water partition coefficient (Wildman–Crippen LogP) is 2.59. The van der Waals surface area contributed by atoms with E-state index in [0.717, 1.165) is 5.56 Å². The highest BCUT2D eigenvalue weighted by molar-refractivity contribution is 5.97. The lowest BCUT2D eigenvalue weighted by Crippen LogP contribution is -2.39. The first-order valence-corrected chi connectivity index (χ1v) is 8.28. The van der Waals surface area contributed by atoms with Gasteiger partial charge >= 0.3 is 5.97 Å². The van der Waals surface area contributed by atoms with E-state index in [1.807, 2.05) is 18.2 Å². The molecular weight excluding hydrogens is 322 g/mol. The van der Waals surface area contributed by atoms with E-state index >= 15 is 0 Å². The summed E-state index contributed by atoms with van der Waals surface area (Å²) in [5.41, 5.74) is 1.49. The van der Waals surface area contributed by atoms with Crippen molar-refractivity contribution in [1.29, 1.82) is 0 Å². The third-order valence-electron chi connectivity index (χ3n) is 4.81. The summed E-state index contributed by atoms with van der Waals surface area (Å²) in [6.45, 7) is 6.24. The van der Waals surface area contributed by atoms with Crippen LogP contribution in [0.25, 0.3) is 0 Å². The lowest BCUT2D eigenvalue weighted by molar-refractivity contribution is -0.145. The molecule has 0 aliphatic carbocycles. The molecule has 0 saturated carbocycles. The van der Waals surface area contributed by atoms with E-state index in [2.05, 4.69) is 26.1 Å². The number of nitrogens with one attached hydrogen (secondary N) is 1. The number of carbonyl (C=O) groups excluding carboxylic acids is 1. The summed E-state index contributed by atoms with van der Waals surface area (Å²) in [7, 11) is 1.53. The summed E-state index contributed by atoms with van der Waals surface area (Å²) in [6.07, 6.45) is 2.44. The first-order valence-electron chi connectivity index (χ1n) is 8.28. The largest absolute Gasteiger partial charge is 0.495 e. The Morgan fingerprint density at radius 3 is 2.36 bits per heavy atom. The molecule has 2 aliphatic rings. The number of aliphatic carboxylic acids is 1. The molecule has 4 atom stereocenters. The van der Waals surface area contributed by atoms with Crippen LogP contribution in [0.2, 0.25) is 0 Å². The van der Waals surface area contributed by atoms with Crippen molar-refractivity contribution >= 4 is 17.6 Å². The Bertz CT molecular complexity index is 734. The van der Waals surface area contributed by atoms with E-state index in [1.165, 1.54) is 7.11 Å². The minimum atomic E-state index is -1.02. The van der Waals surface area contributed by atoms with Crippen LogP contribution >= 0.6 is 0 Å². The van der Waals surface area contributed by atoms with E-state index in [1.54, 1.807) is 12.2 Å². The van der Waals surface area contributed by atoms with Crippen molar-refractivity contribution in [2.75, 3.05) is 12.4 Å². The van der Waals surface area contributed by atoms with E-state index < -0.39 is 30.0 Å². The van der Waals surface area contributed by atoms with E-state index in [9.17, 15) is 14.7 Å². The van der Waals surface area contributed by atoms with Crippen LogP contribution in [0.4, 0.5) is 5.69 Å². The molecule has 1 saturated heterocycles. The second kappa shape index (κ2) is 6.19. The molecule has 1 aromatic carbocycles. The van der Waals surface area contributed by atoms with Crippen molar-refractivity contribution in [1.82, 2.24) is 0 Å². The number of hydrogen-bond acceptors (Lipinski definition) is 4. The second-order valence-corrected chi connectivity index (χ2v) is 7.49. The average molecular weight is 345 g/mol. The van der Waals surface area contributed by atoms with Crippen LogP contribution in [0.1, 0.15) is 26.3 Å². The maximum Gasteiger partial charge on any atom is 0.310 e. The molecule has 25 heavy (non-hydrogen) atoms. The number of amides is 1. The number of carbonyl (C=O) groups is 2. The van der Waals surface area contributed by atoms with Gasteiger partial charge in [-0.25, -0.2) is 0 Å². The zero-order chi connectivity index (χ0) is 18.4. The second-order valence-electron chi connectivity index (χ2n) is 7.49. The molecule has 6 heteroatoms. The van der Waals surface area contributed by atoms with Crippen molar-refractivity contribution in [3.63, 3.8) is 0 Å². The van der Waals surface area contributed by atoms with Crippen molar-refractivity contribution in [3.05, 3.63) is 35.9 Å². The lowest BCUT2D eigenvalue weighted by atomic mass is 9.82. The Balaban J connectivity index is 1.88. The number of carboxylic acids is 1. The molecule has 2 aliphatic heterocycles. The Morgan fingerprint density at radius 2 is 1.80 bits per heavy atom. The number of rotatable bonds is 4. The highest BCUT2D eigenvalue weighted by Gasteiger charge is 2.53. The van der Waals surface area contributed by atoms with Crippen LogP contribution < -0.4 is 10.1 Å². The van der Waals surface area contributed by atoms with Gasteiger partial charge in [-0.1, -0.05) is 39.0 Å². The fourth-order valence-electron chi connectivity index (χ4n) is 3.40.